The van der Waals surface area contributed by atoms with Crippen LogP contribution < -0.4 is 4.72 Å². The van der Waals surface area contributed by atoms with Crippen LogP contribution in [-0.4, -0.2) is 35.8 Å². The molecule has 0 amide bonds. The van der Waals surface area contributed by atoms with E-state index in [1.54, 1.807) is 0 Å². The number of nitrogens with one attached hydrogen (secondary N) is 1. The Morgan fingerprint density at radius 1 is 1.58 bits per heavy atom. The molecule has 0 aliphatic rings. The first kappa shape index (κ1) is 15.2. The van der Waals surface area contributed by atoms with Crippen LogP contribution in [0.25, 0.3) is 0 Å². The molecule has 0 saturated heterocycles. The fourth-order valence-electron chi connectivity index (χ4n) is 1.30. The van der Waals surface area contributed by atoms with Gasteiger partial charge >= 0.3 is 5.97 Å². The van der Waals surface area contributed by atoms with Gasteiger partial charge in [0.05, 0.1) is 19.2 Å². The third kappa shape index (κ3) is 5.11. The van der Waals surface area contributed by atoms with Gasteiger partial charge in [-0.1, -0.05) is 0 Å². The lowest BCUT2D eigenvalue weighted by Crippen LogP contribution is -2.24. The number of sulfonamides is 1. The summed E-state index contributed by atoms with van der Waals surface area (Å²) >= 11 is 0. The van der Waals surface area contributed by atoms with Crippen molar-refractivity contribution in [3.8, 4) is 12.3 Å². The molecule has 0 bridgehead atoms. The number of aliphatic carboxylic acids is 1. The van der Waals surface area contributed by atoms with Gasteiger partial charge < -0.3 is 5.11 Å². The van der Waals surface area contributed by atoms with Crippen molar-refractivity contribution in [1.29, 1.82) is 0 Å². The molecule has 1 rings (SSSR count). The van der Waals surface area contributed by atoms with Gasteiger partial charge in [-0.2, -0.15) is 5.10 Å². The molecule has 0 radical (unpaired) electrons. The van der Waals surface area contributed by atoms with E-state index in [0.717, 1.165) is 0 Å². The highest BCUT2D eigenvalue weighted by atomic mass is 32.2. The fourth-order valence-corrected chi connectivity index (χ4v) is 2.32. The maximum Gasteiger partial charge on any atom is 0.305 e. The Morgan fingerprint density at radius 3 is 2.95 bits per heavy atom. The Bertz CT molecular complexity index is 571. The molecular formula is C11H15N3O4S. The molecule has 1 aromatic rings. The topological polar surface area (TPSA) is 101 Å². The van der Waals surface area contributed by atoms with Crippen LogP contribution in [0.3, 0.4) is 0 Å². The van der Waals surface area contributed by atoms with E-state index in [2.05, 4.69) is 15.7 Å². The van der Waals surface area contributed by atoms with Gasteiger partial charge in [-0.05, 0) is 6.42 Å². The number of carboxylic acid groups (broad SMARTS) is 1. The van der Waals surface area contributed by atoms with E-state index >= 15 is 0 Å². The molecule has 1 heterocycles. The van der Waals surface area contributed by atoms with Crippen LogP contribution in [0.2, 0.25) is 0 Å². The van der Waals surface area contributed by atoms with Gasteiger partial charge in [0.15, 0.2) is 0 Å². The summed E-state index contributed by atoms with van der Waals surface area (Å²) in [5.74, 6) is 1.45. The van der Waals surface area contributed by atoms with Crippen molar-refractivity contribution in [1.82, 2.24) is 14.5 Å². The van der Waals surface area contributed by atoms with Crippen molar-refractivity contribution in [3.63, 3.8) is 0 Å². The number of hydrogen-bond donors (Lipinski definition) is 2. The van der Waals surface area contributed by atoms with Crippen molar-refractivity contribution in [2.45, 2.75) is 30.7 Å². The van der Waals surface area contributed by atoms with E-state index in [9.17, 15) is 13.2 Å². The second kappa shape index (κ2) is 6.92. The Kier molecular flexibility index (Phi) is 5.54. The summed E-state index contributed by atoms with van der Waals surface area (Å²) in [6.07, 6.45) is 8.49. The molecule has 0 spiro atoms. The van der Waals surface area contributed by atoms with E-state index in [4.69, 9.17) is 11.5 Å². The number of aromatic nitrogens is 2. The van der Waals surface area contributed by atoms with Gasteiger partial charge in [-0.15, -0.1) is 12.3 Å². The highest BCUT2D eigenvalue weighted by Crippen LogP contribution is 2.07. The number of hydrogen-bond acceptors (Lipinski definition) is 4. The number of carbonyl (C=O) groups is 1. The zero-order valence-corrected chi connectivity index (χ0v) is 11.1. The highest BCUT2D eigenvalue weighted by Gasteiger charge is 2.15. The molecule has 0 unspecified atom stereocenters. The Labute approximate surface area is 111 Å². The van der Waals surface area contributed by atoms with Crippen molar-refractivity contribution >= 4 is 16.0 Å². The number of aryl methyl sites for hydroxylation is 1. The summed E-state index contributed by atoms with van der Waals surface area (Å²) in [4.78, 5) is 10.4. The lowest BCUT2D eigenvalue weighted by molar-refractivity contribution is -0.137. The number of nitrogens with zero attached hydrogens (tertiary/aromatic N) is 2. The predicted octanol–water partition coefficient (Wildman–Crippen LogP) is 0.0495. The number of terminal acetylenes is 1. The Morgan fingerprint density at radius 2 is 2.32 bits per heavy atom. The predicted molar refractivity (Wildman–Crippen MR) is 67.7 cm³/mol. The molecule has 0 fully saturated rings. The smallest absolute Gasteiger partial charge is 0.305 e. The van der Waals surface area contributed by atoms with E-state index in [0.29, 0.717) is 12.8 Å². The summed E-state index contributed by atoms with van der Waals surface area (Å²) in [5.41, 5.74) is 0. The minimum atomic E-state index is -3.61. The third-order valence-electron chi connectivity index (χ3n) is 2.26. The average Bonchev–Trinajstić information content (AvgIpc) is 2.82. The molecule has 1 aromatic heterocycles. The van der Waals surface area contributed by atoms with Crippen LogP contribution in [0.15, 0.2) is 17.3 Å². The lowest BCUT2D eigenvalue weighted by atomic mass is 10.3. The van der Waals surface area contributed by atoms with Gasteiger partial charge in [0, 0.05) is 19.2 Å². The van der Waals surface area contributed by atoms with Crippen molar-refractivity contribution < 1.29 is 18.3 Å². The second-order valence-electron chi connectivity index (χ2n) is 3.79. The molecular weight excluding hydrogens is 270 g/mol. The quantitative estimate of drug-likeness (QED) is 0.519. The maximum atomic E-state index is 11.8. The number of carboxylic acids is 1. The van der Waals surface area contributed by atoms with Gasteiger partial charge in [0.25, 0.3) is 0 Å². The van der Waals surface area contributed by atoms with Crippen molar-refractivity contribution in [3.05, 3.63) is 12.4 Å². The van der Waals surface area contributed by atoms with Gasteiger partial charge in [-0.3, -0.25) is 9.48 Å². The van der Waals surface area contributed by atoms with Crippen LogP contribution in [0, 0.1) is 12.3 Å². The average molecular weight is 285 g/mol. The monoisotopic (exact) mass is 285 g/mol. The van der Waals surface area contributed by atoms with Gasteiger partial charge in [0.2, 0.25) is 10.0 Å². The summed E-state index contributed by atoms with van der Waals surface area (Å²) in [5, 5.41) is 12.3. The minimum absolute atomic E-state index is 0.0126. The second-order valence-corrected chi connectivity index (χ2v) is 5.56. The van der Waals surface area contributed by atoms with E-state index in [1.165, 1.54) is 17.1 Å². The molecule has 0 saturated carbocycles. The van der Waals surface area contributed by atoms with Crippen molar-refractivity contribution in [2.75, 3.05) is 6.54 Å². The molecule has 8 heteroatoms. The lowest BCUT2D eigenvalue weighted by Gasteiger charge is -2.02. The molecule has 7 nitrogen and oxygen atoms in total. The maximum absolute atomic E-state index is 11.8. The number of rotatable bonds is 8. The van der Waals surface area contributed by atoms with Crippen LogP contribution in [0.5, 0.6) is 0 Å². The molecule has 2 N–H and O–H groups in total. The van der Waals surface area contributed by atoms with Crippen LogP contribution in [0.1, 0.15) is 19.3 Å². The first-order valence-electron chi connectivity index (χ1n) is 5.63. The fraction of sp³-hybridized carbons (Fsp3) is 0.455. The zero-order valence-electron chi connectivity index (χ0n) is 10.2. The van der Waals surface area contributed by atoms with E-state index in [1.807, 2.05) is 0 Å². The third-order valence-corrected chi connectivity index (χ3v) is 3.68. The van der Waals surface area contributed by atoms with E-state index < -0.39 is 16.0 Å². The summed E-state index contributed by atoms with van der Waals surface area (Å²) in [6, 6.07) is 0. The first-order chi connectivity index (χ1) is 8.95. The molecule has 0 aliphatic heterocycles. The SMILES string of the molecule is C#CCCCNS(=O)(=O)c1cnn(CCC(=O)O)c1. The Hall–Kier alpha value is -1.85. The number of unbranched alkanes of at least 4 members (excludes halogenated alkanes) is 1. The Balaban J connectivity index is 2.59. The summed E-state index contributed by atoms with van der Waals surface area (Å²) < 4.78 is 27.3. The first-order valence-corrected chi connectivity index (χ1v) is 7.11. The molecule has 0 aromatic carbocycles. The molecule has 19 heavy (non-hydrogen) atoms. The largest absolute Gasteiger partial charge is 0.481 e. The van der Waals surface area contributed by atoms with Crippen LogP contribution >= 0.6 is 0 Å². The van der Waals surface area contributed by atoms with Gasteiger partial charge in [0.1, 0.15) is 4.90 Å². The zero-order chi connectivity index (χ0) is 14.3. The summed E-state index contributed by atoms with van der Waals surface area (Å²) in [6.45, 7) is 0.384. The summed E-state index contributed by atoms with van der Waals surface area (Å²) in [7, 11) is -3.61. The molecule has 0 atom stereocenters. The van der Waals surface area contributed by atoms with Gasteiger partial charge in [-0.25, -0.2) is 13.1 Å². The highest BCUT2D eigenvalue weighted by molar-refractivity contribution is 7.89. The minimum Gasteiger partial charge on any atom is -0.481 e. The van der Waals surface area contributed by atoms with Crippen molar-refractivity contribution in [2.24, 2.45) is 0 Å². The van der Waals surface area contributed by atoms with E-state index in [-0.39, 0.29) is 24.4 Å². The standard InChI is InChI=1S/C11H15N3O4S/c1-2-3-4-6-13-19(17,18)10-8-12-14(9-10)7-5-11(15)16/h1,8-9,13H,3-7H2,(H,15,16). The normalized spacial score (nSPS) is 11.1. The van der Waals surface area contributed by atoms with Crippen LogP contribution in [-0.2, 0) is 21.4 Å². The van der Waals surface area contributed by atoms with Crippen LogP contribution in [0.4, 0.5) is 0 Å². The molecule has 0 aliphatic carbocycles. The molecule has 104 valence electrons.